The predicted octanol–water partition coefficient (Wildman–Crippen LogP) is 3.36. The molecule has 10 nitrogen and oxygen atoms in total. The predicted molar refractivity (Wildman–Crippen MR) is 140 cm³/mol. The largest absolute Gasteiger partial charge is 0.497 e. The third-order valence-corrected chi connectivity index (χ3v) is 6.15. The molecule has 2 heterocycles. The van der Waals surface area contributed by atoms with Gasteiger partial charge in [-0.1, -0.05) is 12.1 Å². The summed E-state index contributed by atoms with van der Waals surface area (Å²) in [5.74, 6) is 1.41. The minimum Gasteiger partial charge on any atom is -0.497 e. The molecule has 2 aromatic carbocycles. The quantitative estimate of drug-likeness (QED) is 0.283. The van der Waals surface area contributed by atoms with Crippen molar-refractivity contribution >= 4 is 23.2 Å². The lowest BCUT2D eigenvalue weighted by Gasteiger charge is -2.19. The minimum absolute atomic E-state index is 0.141. The third kappa shape index (κ3) is 5.65. The van der Waals surface area contributed by atoms with Gasteiger partial charge in [-0.3, -0.25) is 10.1 Å². The monoisotopic (exact) mass is 502 g/mol. The highest BCUT2D eigenvalue weighted by molar-refractivity contribution is 5.79. The number of methoxy groups -OCH3 is 1. The summed E-state index contributed by atoms with van der Waals surface area (Å²) in [5.41, 5.74) is 3.85. The van der Waals surface area contributed by atoms with E-state index in [-0.39, 0.29) is 12.5 Å². The number of rotatable bonds is 10. The van der Waals surface area contributed by atoms with Gasteiger partial charge in [-0.25, -0.2) is 4.52 Å². The first-order chi connectivity index (χ1) is 17.9. The zero-order chi connectivity index (χ0) is 25.9. The molecular weight excluding hydrogens is 472 g/mol. The molecule has 3 N–H and O–H groups in total. The number of hydrogen-bond donors (Lipinski definition) is 3. The fourth-order valence-corrected chi connectivity index (χ4v) is 3.88. The average Bonchev–Trinajstić information content (AvgIpc) is 3.62. The van der Waals surface area contributed by atoms with Gasteiger partial charge in [0.25, 0.3) is 5.91 Å². The molecule has 10 heteroatoms. The lowest BCUT2D eigenvalue weighted by Crippen LogP contribution is -2.28. The summed E-state index contributed by atoms with van der Waals surface area (Å²) in [6.07, 6.45) is 3.01. The Hall–Kier alpha value is -4.15. The van der Waals surface area contributed by atoms with Crippen LogP contribution in [-0.4, -0.2) is 64.4 Å². The van der Waals surface area contributed by atoms with E-state index in [2.05, 4.69) is 15.7 Å². The van der Waals surface area contributed by atoms with Gasteiger partial charge in [0.15, 0.2) is 12.3 Å². The molecule has 1 aliphatic rings. The van der Waals surface area contributed by atoms with Crippen molar-refractivity contribution in [1.82, 2.24) is 24.8 Å². The number of carbonyl (C=O) groups is 1. The van der Waals surface area contributed by atoms with Crippen molar-refractivity contribution in [3.05, 3.63) is 66.4 Å². The number of carbonyl (C=O) groups excluding carboxylic acids is 1. The highest BCUT2D eigenvalue weighted by Crippen LogP contribution is 2.32. The van der Waals surface area contributed by atoms with Crippen molar-refractivity contribution in [3.8, 4) is 22.6 Å². The molecule has 0 aliphatic heterocycles. The number of amides is 1. The van der Waals surface area contributed by atoms with E-state index in [1.54, 1.807) is 37.9 Å². The molecule has 1 unspecified atom stereocenters. The highest BCUT2D eigenvalue weighted by Gasteiger charge is 2.26. The van der Waals surface area contributed by atoms with Gasteiger partial charge in [0, 0.05) is 49.2 Å². The number of pyridine rings is 1. The van der Waals surface area contributed by atoms with Crippen molar-refractivity contribution in [2.45, 2.75) is 25.1 Å². The molecule has 0 spiro atoms. The van der Waals surface area contributed by atoms with Crippen LogP contribution in [0.15, 0.2) is 60.8 Å². The van der Waals surface area contributed by atoms with E-state index in [0.717, 1.165) is 29.7 Å². The second kappa shape index (κ2) is 10.5. The topological polar surface area (TPSA) is 113 Å². The maximum absolute atomic E-state index is 12.1. The second-order valence-corrected chi connectivity index (χ2v) is 9.15. The van der Waals surface area contributed by atoms with Crippen LogP contribution in [-0.2, 0) is 4.79 Å². The molecule has 1 amide bonds. The number of aliphatic hydroxyl groups excluding tert-OH is 1. The van der Waals surface area contributed by atoms with Gasteiger partial charge in [-0.15, -0.1) is 5.10 Å². The van der Waals surface area contributed by atoms with E-state index in [9.17, 15) is 9.90 Å². The van der Waals surface area contributed by atoms with E-state index in [1.165, 1.54) is 4.90 Å². The van der Waals surface area contributed by atoms with Gasteiger partial charge in [0.05, 0.1) is 7.11 Å². The Morgan fingerprint density at radius 1 is 1.19 bits per heavy atom. The van der Waals surface area contributed by atoms with Gasteiger partial charge in [0.2, 0.25) is 5.95 Å². The van der Waals surface area contributed by atoms with Crippen LogP contribution in [0.2, 0.25) is 0 Å². The summed E-state index contributed by atoms with van der Waals surface area (Å²) in [7, 11) is 4.98. The number of aliphatic hydroxyl groups is 1. The van der Waals surface area contributed by atoms with Gasteiger partial charge >= 0.3 is 0 Å². The number of benzene rings is 2. The molecular formula is C27H30N6O4. The Labute approximate surface area is 214 Å². The molecule has 0 bridgehead atoms. The standard InChI is InChI=1S/C27H30N6O4/c1-32(2)24(34)16-37-23-15-19(10-13-22(23)26(35)28-18-8-9-18)29-27-30-25-21(5-4-14-33(25)31-27)17-6-11-20(36-3)12-7-17/h4-7,10-15,18,26,28,35H,8-9,16H2,1-3H3,(H,29,31). The third-order valence-electron chi connectivity index (χ3n) is 6.15. The fourth-order valence-electron chi connectivity index (χ4n) is 3.88. The van der Waals surface area contributed by atoms with Crippen molar-refractivity contribution in [1.29, 1.82) is 0 Å². The van der Waals surface area contributed by atoms with Gasteiger partial charge in [0.1, 0.15) is 17.7 Å². The number of fused-ring (bicyclic) bond motifs is 1. The summed E-state index contributed by atoms with van der Waals surface area (Å²) in [6.45, 7) is -0.141. The van der Waals surface area contributed by atoms with Gasteiger partial charge < -0.3 is 24.8 Å². The Bertz CT molecular complexity index is 1400. The number of hydrogen-bond acceptors (Lipinski definition) is 8. The Morgan fingerprint density at radius 3 is 2.68 bits per heavy atom. The van der Waals surface area contributed by atoms with E-state index in [4.69, 9.17) is 14.5 Å². The number of anilines is 2. The first-order valence-electron chi connectivity index (χ1n) is 12.1. The van der Waals surface area contributed by atoms with E-state index in [0.29, 0.717) is 34.6 Å². The SMILES string of the molecule is COc1ccc(-c2cccn3nc(Nc4ccc(C(O)NC5CC5)c(OCC(=O)N(C)C)c4)nc23)cc1. The van der Waals surface area contributed by atoms with E-state index < -0.39 is 6.23 Å². The average molecular weight is 503 g/mol. The van der Waals surface area contributed by atoms with E-state index in [1.807, 2.05) is 48.7 Å². The minimum atomic E-state index is -0.897. The van der Waals surface area contributed by atoms with E-state index >= 15 is 0 Å². The van der Waals surface area contributed by atoms with Crippen LogP contribution in [0.4, 0.5) is 11.6 Å². The first kappa shape index (κ1) is 24.5. The fraction of sp³-hybridized carbons (Fsp3) is 0.296. The second-order valence-electron chi connectivity index (χ2n) is 9.15. The van der Waals surface area contributed by atoms with Crippen LogP contribution in [0, 0.1) is 0 Å². The molecule has 0 radical (unpaired) electrons. The summed E-state index contributed by atoms with van der Waals surface area (Å²) >= 11 is 0. The number of likely N-dealkylation sites (N-methyl/N-ethyl adjacent to an activating group) is 1. The molecule has 0 saturated heterocycles. The molecule has 1 aliphatic carbocycles. The normalized spacial score (nSPS) is 13.8. The lowest BCUT2D eigenvalue weighted by molar-refractivity contribution is -0.130. The smallest absolute Gasteiger partial charge is 0.259 e. The van der Waals surface area contributed by atoms with Gasteiger partial charge in [-0.2, -0.15) is 4.98 Å². The number of nitrogens with one attached hydrogen (secondary N) is 2. The Kier molecular flexibility index (Phi) is 6.93. The molecule has 1 saturated carbocycles. The number of nitrogens with zero attached hydrogens (tertiary/aromatic N) is 4. The zero-order valence-corrected chi connectivity index (χ0v) is 21.0. The maximum Gasteiger partial charge on any atom is 0.259 e. The summed E-state index contributed by atoms with van der Waals surface area (Å²) in [6, 6.07) is 17.3. The lowest BCUT2D eigenvalue weighted by atomic mass is 10.1. The molecule has 1 atom stereocenters. The number of ether oxygens (including phenoxy) is 2. The van der Waals surface area contributed by atoms with Crippen LogP contribution in [0.1, 0.15) is 24.6 Å². The van der Waals surface area contributed by atoms with Gasteiger partial charge in [-0.05, 0) is 54.8 Å². The van der Waals surface area contributed by atoms with Crippen molar-refractivity contribution < 1.29 is 19.4 Å². The molecule has 1 fully saturated rings. The van der Waals surface area contributed by atoms with Crippen molar-refractivity contribution in [2.75, 3.05) is 33.1 Å². The molecule has 5 rings (SSSR count). The molecule has 37 heavy (non-hydrogen) atoms. The highest BCUT2D eigenvalue weighted by atomic mass is 16.5. The van der Waals surface area contributed by atoms with Crippen LogP contribution in [0.3, 0.4) is 0 Å². The molecule has 192 valence electrons. The van der Waals surface area contributed by atoms with Crippen LogP contribution in [0.25, 0.3) is 16.8 Å². The first-order valence-corrected chi connectivity index (χ1v) is 12.1. The van der Waals surface area contributed by atoms with Crippen molar-refractivity contribution in [3.63, 3.8) is 0 Å². The number of aromatic nitrogens is 3. The summed E-state index contributed by atoms with van der Waals surface area (Å²) < 4.78 is 12.8. The Balaban J connectivity index is 1.41. The zero-order valence-electron chi connectivity index (χ0n) is 21.0. The maximum atomic E-state index is 12.1. The van der Waals surface area contributed by atoms with Crippen molar-refractivity contribution in [2.24, 2.45) is 0 Å². The Morgan fingerprint density at radius 2 is 1.97 bits per heavy atom. The van der Waals surface area contributed by atoms with Crippen LogP contribution >= 0.6 is 0 Å². The van der Waals surface area contributed by atoms with Crippen LogP contribution < -0.4 is 20.1 Å². The summed E-state index contributed by atoms with van der Waals surface area (Å²) in [5, 5.41) is 21.6. The summed E-state index contributed by atoms with van der Waals surface area (Å²) in [4.78, 5) is 18.3. The molecule has 2 aromatic heterocycles. The molecule has 4 aromatic rings. The van der Waals surface area contributed by atoms with Crippen LogP contribution in [0.5, 0.6) is 11.5 Å².